The Bertz CT molecular complexity index is 291. The molecule has 2 saturated heterocycles. The molecule has 0 aromatic carbocycles. The Labute approximate surface area is 125 Å². The zero-order valence-electron chi connectivity index (χ0n) is 14.0. The normalized spacial score (nSPS) is 29.7. The molecule has 118 valence electrons. The van der Waals surface area contributed by atoms with Gasteiger partial charge in [0.25, 0.3) is 0 Å². The Morgan fingerprint density at radius 1 is 1.10 bits per heavy atom. The van der Waals surface area contributed by atoms with Gasteiger partial charge in [0.05, 0.1) is 6.10 Å². The smallest absolute Gasteiger partial charge is 0.0703 e. The molecule has 2 fully saturated rings. The van der Waals surface area contributed by atoms with Gasteiger partial charge in [-0.15, -0.1) is 0 Å². The summed E-state index contributed by atoms with van der Waals surface area (Å²) in [7, 11) is 0. The van der Waals surface area contributed by atoms with E-state index in [0.29, 0.717) is 17.2 Å². The maximum absolute atomic E-state index is 5.91. The van der Waals surface area contributed by atoms with Crippen LogP contribution in [0, 0.1) is 0 Å². The van der Waals surface area contributed by atoms with Gasteiger partial charge in [-0.05, 0) is 38.5 Å². The third kappa shape index (κ3) is 3.05. The molecule has 3 heteroatoms. The third-order valence-electron chi connectivity index (χ3n) is 6.07. The van der Waals surface area contributed by atoms with Crippen LogP contribution in [-0.4, -0.2) is 48.3 Å². The lowest BCUT2D eigenvalue weighted by atomic mass is 9.80. The topological polar surface area (TPSA) is 24.5 Å². The first-order chi connectivity index (χ1) is 9.63. The highest BCUT2D eigenvalue weighted by atomic mass is 16.5. The predicted molar refractivity (Wildman–Crippen MR) is 85.2 cm³/mol. The zero-order chi connectivity index (χ0) is 14.6. The molecule has 20 heavy (non-hydrogen) atoms. The van der Waals surface area contributed by atoms with Gasteiger partial charge >= 0.3 is 0 Å². The highest BCUT2D eigenvalue weighted by Crippen LogP contribution is 2.33. The van der Waals surface area contributed by atoms with Crippen LogP contribution in [0.3, 0.4) is 0 Å². The summed E-state index contributed by atoms with van der Waals surface area (Å²) >= 11 is 0. The van der Waals surface area contributed by atoms with Gasteiger partial charge in [0, 0.05) is 37.3 Å². The van der Waals surface area contributed by atoms with Crippen molar-refractivity contribution in [1.82, 2.24) is 10.2 Å². The molecule has 2 heterocycles. The summed E-state index contributed by atoms with van der Waals surface area (Å²) < 4.78 is 5.91. The molecule has 2 aliphatic heterocycles. The number of hydrogen-bond donors (Lipinski definition) is 1. The number of nitrogens with zero attached hydrogens (tertiary/aromatic N) is 1. The zero-order valence-corrected chi connectivity index (χ0v) is 14.0. The van der Waals surface area contributed by atoms with Gasteiger partial charge in [0.15, 0.2) is 0 Å². The molecule has 2 rings (SSSR count). The molecule has 0 saturated carbocycles. The number of ether oxygens (including phenoxy) is 1. The third-order valence-corrected chi connectivity index (χ3v) is 6.07. The van der Waals surface area contributed by atoms with Crippen LogP contribution in [0.1, 0.15) is 66.2 Å². The first kappa shape index (κ1) is 16.3. The van der Waals surface area contributed by atoms with Crippen molar-refractivity contribution in [3.05, 3.63) is 0 Å². The number of rotatable bonds is 6. The monoisotopic (exact) mass is 282 g/mol. The van der Waals surface area contributed by atoms with Crippen LogP contribution in [0.15, 0.2) is 0 Å². The number of piperazine rings is 1. The standard InChI is InChI=1S/C17H34N2O/c1-5-16(6-2)14-19(12-15-10-9-11-20-15)17(7-3,8-4)13-18-16/h15,18H,5-14H2,1-4H3. The fourth-order valence-corrected chi connectivity index (χ4v) is 4.02. The second-order valence-electron chi connectivity index (χ2n) is 6.79. The van der Waals surface area contributed by atoms with Gasteiger partial charge in [0.2, 0.25) is 0 Å². The van der Waals surface area contributed by atoms with E-state index in [0.717, 1.165) is 19.7 Å². The molecule has 0 aromatic heterocycles. The minimum atomic E-state index is 0.312. The fourth-order valence-electron chi connectivity index (χ4n) is 4.02. The molecule has 0 spiro atoms. The van der Waals surface area contributed by atoms with Crippen molar-refractivity contribution in [2.75, 3.05) is 26.2 Å². The van der Waals surface area contributed by atoms with Crippen molar-refractivity contribution in [2.45, 2.75) is 83.4 Å². The van der Waals surface area contributed by atoms with E-state index in [4.69, 9.17) is 4.74 Å². The van der Waals surface area contributed by atoms with Crippen LogP contribution in [0.5, 0.6) is 0 Å². The SMILES string of the molecule is CCC1(CC)CN(CC2CCCO2)C(CC)(CC)CN1. The van der Waals surface area contributed by atoms with E-state index in [2.05, 4.69) is 37.9 Å². The summed E-state index contributed by atoms with van der Waals surface area (Å²) in [6.45, 7) is 13.8. The van der Waals surface area contributed by atoms with Gasteiger partial charge in [-0.1, -0.05) is 27.7 Å². The highest BCUT2D eigenvalue weighted by Gasteiger charge is 2.44. The van der Waals surface area contributed by atoms with Gasteiger partial charge in [-0.2, -0.15) is 0 Å². The predicted octanol–water partition coefficient (Wildman–Crippen LogP) is 3.19. The summed E-state index contributed by atoms with van der Waals surface area (Å²) in [5.74, 6) is 0. The Morgan fingerprint density at radius 3 is 2.30 bits per heavy atom. The maximum atomic E-state index is 5.91. The van der Waals surface area contributed by atoms with Crippen molar-refractivity contribution in [3.8, 4) is 0 Å². The van der Waals surface area contributed by atoms with Crippen LogP contribution in [0.4, 0.5) is 0 Å². The molecule has 0 amide bonds. The lowest BCUT2D eigenvalue weighted by molar-refractivity contribution is -0.0365. The van der Waals surface area contributed by atoms with Gasteiger partial charge < -0.3 is 10.1 Å². The molecular formula is C17H34N2O. The molecule has 0 aliphatic carbocycles. The highest BCUT2D eigenvalue weighted by molar-refractivity contribution is 5.04. The van der Waals surface area contributed by atoms with E-state index < -0.39 is 0 Å². The van der Waals surface area contributed by atoms with Crippen molar-refractivity contribution in [2.24, 2.45) is 0 Å². The maximum Gasteiger partial charge on any atom is 0.0703 e. The van der Waals surface area contributed by atoms with E-state index in [1.807, 2.05) is 0 Å². The Balaban J connectivity index is 2.13. The quantitative estimate of drug-likeness (QED) is 0.810. The van der Waals surface area contributed by atoms with Gasteiger partial charge in [-0.25, -0.2) is 0 Å². The van der Waals surface area contributed by atoms with Crippen LogP contribution in [-0.2, 0) is 4.74 Å². The first-order valence-electron chi connectivity index (χ1n) is 8.75. The molecule has 1 N–H and O–H groups in total. The largest absolute Gasteiger partial charge is 0.377 e. The summed E-state index contributed by atoms with van der Waals surface area (Å²) in [6, 6.07) is 0. The van der Waals surface area contributed by atoms with E-state index in [1.165, 1.54) is 45.1 Å². The Morgan fingerprint density at radius 2 is 1.80 bits per heavy atom. The van der Waals surface area contributed by atoms with Gasteiger partial charge in [0.1, 0.15) is 0 Å². The lowest BCUT2D eigenvalue weighted by Crippen LogP contribution is -2.70. The van der Waals surface area contributed by atoms with Crippen molar-refractivity contribution in [1.29, 1.82) is 0 Å². The molecule has 1 atom stereocenters. The van der Waals surface area contributed by atoms with Crippen LogP contribution in [0.25, 0.3) is 0 Å². The summed E-state index contributed by atoms with van der Waals surface area (Å²) in [5.41, 5.74) is 0.645. The molecule has 3 nitrogen and oxygen atoms in total. The fraction of sp³-hybridized carbons (Fsp3) is 1.00. The van der Waals surface area contributed by atoms with Crippen molar-refractivity contribution in [3.63, 3.8) is 0 Å². The Kier molecular flexibility index (Phi) is 5.49. The van der Waals surface area contributed by atoms with E-state index in [1.54, 1.807) is 0 Å². The van der Waals surface area contributed by atoms with E-state index in [9.17, 15) is 0 Å². The first-order valence-corrected chi connectivity index (χ1v) is 8.75. The molecule has 2 aliphatic rings. The molecule has 0 bridgehead atoms. The number of hydrogen-bond acceptors (Lipinski definition) is 3. The molecular weight excluding hydrogens is 248 g/mol. The van der Waals surface area contributed by atoms with Crippen molar-refractivity contribution < 1.29 is 4.74 Å². The average molecular weight is 282 g/mol. The van der Waals surface area contributed by atoms with Crippen LogP contribution in [0.2, 0.25) is 0 Å². The summed E-state index contributed by atoms with van der Waals surface area (Å²) in [4.78, 5) is 2.77. The van der Waals surface area contributed by atoms with E-state index >= 15 is 0 Å². The summed E-state index contributed by atoms with van der Waals surface area (Å²) in [5, 5.41) is 3.90. The Hall–Kier alpha value is -0.120. The lowest BCUT2D eigenvalue weighted by Gasteiger charge is -2.55. The van der Waals surface area contributed by atoms with Crippen LogP contribution < -0.4 is 5.32 Å². The van der Waals surface area contributed by atoms with Crippen LogP contribution >= 0.6 is 0 Å². The van der Waals surface area contributed by atoms with E-state index in [-0.39, 0.29) is 0 Å². The minimum Gasteiger partial charge on any atom is -0.377 e. The second-order valence-corrected chi connectivity index (χ2v) is 6.79. The van der Waals surface area contributed by atoms with Gasteiger partial charge in [-0.3, -0.25) is 4.90 Å². The second kappa shape index (κ2) is 6.76. The number of nitrogens with one attached hydrogen (secondary N) is 1. The molecule has 1 unspecified atom stereocenters. The minimum absolute atomic E-state index is 0.312. The summed E-state index contributed by atoms with van der Waals surface area (Å²) in [6.07, 6.45) is 7.86. The van der Waals surface area contributed by atoms with Crippen molar-refractivity contribution >= 4 is 0 Å². The average Bonchev–Trinajstić information content (AvgIpc) is 3.00. The molecule has 0 aromatic rings. The molecule has 0 radical (unpaired) electrons.